The van der Waals surface area contributed by atoms with Crippen LogP contribution in [0, 0.1) is 0 Å². The van der Waals surface area contributed by atoms with Crippen LogP contribution in [0.3, 0.4) is 0 Å². The molecular formula is C14H23N3O2S2. The summed E-state index contributed by atoms with van der Waals surface area (Å²) >= 11 is 1.21. The van der Waals surface area contributed by atoms with E-state index in [-0.39, 0.29) is 0 Å². The molecule has 2 aliphatic rings. The van der Waals surface area contributed by atoms with E-state index in [2.05, 4.69) is 4.90 Å². The molecule has 0 aromatic carbocycles. The van der Waals surface area contributed by atoms with E-state index < -0.39 is 10.0 Å². The van der Waals surface area contributed by atoms with Crippen LogP contribution in [0.4, 0.5) is 5.69 Å². The van der Waals surface area contributed by atoms with Gasteiger partial charge in [0.2, 0.25) is 0 Å². The Balaban J connectivity index is 1.62. The lowest BCUT2D eigenvalue weighted by molar-refractivity contribution is 0.118. The molecule has 0 atom stereocenters. The van der Waals surface area contributed by atoms with Gasteiger partial charge in [-0.3, -0.25) is 0 Å². The molecule has 0 amide bonds. The number of rotatable bonds is 3. The minimum Gasteiger partial charge on any atom is -0.398 e. The average molecular weight is 329 g/mol. The van der Waals surface area contributed by atoms with E-state index in [0.29, 0.717) is 29.0 Å². The number of anilines is 1. The Morgan fingerprint density at radius 1 is 1.10 bits per heavy atom. The molecule has 3 rings (SSSR count). The van der Waals surface area contributed by atoms with Gasteiger partial charge in [0, 0.05) is 30.2 Å². The zero-order chi connectivity index (χ0) is 14.9. The van der Waals surface area contributed by atoms with E-state index >= 15 is 0 Å². The van der Waals surface area contributed by atoms with Crippen LogP contribution in [0.25, 0.3) is 0 Å². The fourth-order valence-electron chi connectivity index (χ4n) is 3.32. The second-order valence-corrected chi connectivity index (χ2v) is 9.01. The standard InChI is InChI=1S/C14H23N3O2S2/c15-12-10-14(20-11-12)21(18,19)17-8-4-13(5-9-17)16-6-2-1-3-7-16/h10-11,13H,1-9,15H2. The first-order valence-electron chi connectivity index (χ1n) is 7.65. The van der Waals surface area contributed by atoms with E-state index in [1.807, 2.05) is 0 Å². The van der Waals surface area contributed by atoms with Crippen molar-refractivity contribution in [1.29, 1.82) is 0 Å². The van der Waals surface area contributed by atoms with Gasteiger partial charge >= 0.3 is 0 Å². The Hall–Kier alpha value is -0.630. The van der Waals surface area contributed by atoms with Gasteiger partial charge in [0.15, 0.2) is 0 Å². The Kier molecular flexibility index (Phi) is 4.54. The molecule has 2 saturated heterocycles. The normalized spacial score (nSPS) is 23.4. The number of hydrogen-bond acceptors (Lipinski definition) is 5. The highest BCUT2D eigenvalue weighted by molar-refractivity contribution is 7.91. The van der Waals surface area contributed by atoms with E-state index in [1.54, 1.807) is 15.8 Å². The molecule has 1 aromatic heterocycles. The highest BCUT2D eigenvalue weighted by Crippen LogP contribution is 2.28. The molecule has 2 fully saturated rings. The van der Waals surface area contributed by atoms with Gasteiger partial charge in [0.1, 0.15) is 4.21 Å². The number of nitrogen functional groups attached to an aromatic ring is 1. The first kappa shape index (κ1) is 15.3. The molecule has 21 heavy (non-hydrogen) atoms. The number of piperidine rings is 2. The zero-order valence-corrected chi connectivity index (χ0v) is 13.8. The van der Waals surface area contributed by atoms with Crippen molar-refractivity contribution in [3.63, 3.8) is 0 Å². The maximum atomic E-state index is 12.6. The summed E-state index contributed by atoms with van der Waals surface area (Å²) in [5.74, 6) is 0. The molecule has 1 aromatic rings. The molecule has 5 nitrogen and oxygen atoms in total. The summed E-state index contributed by atoms with van der Waals surface area (Å²) in [5, 5.41) is 1.69. The average Bonchev–Trinajstić information content (AvgIpc) is 2.96. The number of hydrogen-bond donors (Lipinski definition) is 1. The van der Waals surface area contributed by atoms with Gasteiger partial charge in [-0.25, -0.2) is 8.42 Å². The Morgan fingerprint density at radius 2 is 1.76 bits per heavy atom. The minimum atomic E-state index is -3.34. The molecular weight excluding hydrogens is 306 g/mol. The summed E-state index contributed by atoms with van der Waals surface area (Å²) in [7, 11) is -3.34. The van der Waals surface area contributed by atoms with Crippen LogP contribution < -0.4 is 5.73 Å². The summed E-state index contributed by atoms with van der Waals surface area (Å²) in [6.45, 7) is 3.61. The predicted octanol–water partition coefficient (Wildman–Crippen LogP) is 1.97. The van der Waals surface area contributed by atoms with Crippen LogP contribution in [-0.4, -0.2) is 49.8 Å². The monoisotopic (exact) mass is 329 g/mol. The van der Waals surface area contributed by atoms with Crippen LogP contribution in [0.5, 0.6) is 0 Å². The molecule has 7 heteroatoms. The number of sulfonamides is 1. The highest BCUT2D eigenvalue weighted by atomic mass is 32.2. The van der Waals surface area contributed by atoms with Crippen molar-refractivity contribution in [3.05, 3.63) is 11.4 Å². The Labute approximate surface area is 130 Å². The van der Waals surface area contributed by atoms with Gasteiger partial charge in [-0.2, -0.15) is 4.31 Å². The summed E-state index contributed by atoms with van der Waals surface area (Å²) in [4.78, 5) is 2.55. The van der Waals surface area contributed by atoms with E-state index in [1.165, 1.54) is 43.7 Å². The molecule has 0 spiro atoms. The van der Waals surface area contributed by atoms with E-state index in [0.717, 1.165) is 12.8 Å². The number of nitrogens with zero attached hydrogens (tertiary/aromatic N) is 2. The summed E-state index contributed by atoms with van der Waals surface area (Å²) in [6, 6.07) is 2.13. The first-order valence-corrected chi connectivity index (χ1v) is 9.97. The second-order valence-electron chi connectivity index (χ2n) is 5.93. The predicted molar refractivity (Wildman–Crippen MR) is 85.9 cm³/mol. The van der Waals surface area contributed by atoms with Gasteiger partial charge in [-0.1, -0.05) is 6.42 Å². The fraction of sp³-hybridized carbons (Fsp3) is 0.714. The maximum Gasteiger partial charge on any atom is 0.252 e. The lowest BCUT2D eigenvalue weighted by atomic mass is 10.0. The largest absolute Gasteiger partial charge is 0.398 e. The van der Waals surface area contributed by atoms with Crippen molar-refractivity contribution in [2.75, 3.05) is 31.9 Å². The zero-order valence-electron chi connectivity index (χ0n) is 12.2. The molecule has 0 unspecified atom stereocenters. The smallest absolute Gasteiger partial charge is 0.252 e. The van der Waals surface area contributed by atoms with Gasteiger partial charge in [-0.15, -0.1) is 11.3 Å². The Bertz CT molecular complexity index is 571. The lowest BCUT2D eigenvalue weighted by Crippen LogP contribution is -2.48. The van der Waals surface area contributed by atoms with Crippen LogP contribution in [0.1, 0.15) is 32.1 Å². The summed E-state index contributed by atoms with van der Waals surface area (Å²) in [5.41, 5.74) is 6.17. The van der Waals surface area contributed by atoms with Gasteiger partial charge < -0.3 is 10.6 Å². The topological polar surface area (TPSA) is 66.6 Å². The van der Waals surface area contributed by atoms with Crippen LogP contribution in [0.2, 0.25) is 0 Å². The Morgan fingerprint density at radius 3 is 2.33 bits per heavy atom. The third kappa shape index (κ3) is 3.26. The fourth-order valence-corrected chi connectivity index (χ4v) is 6.03. The van der Waals surface area contributed by atoms with E-state index in [4.69, 9.17) is 5.73 Å². The molecule has 2 aliphatic heterocycles. The molecule has 3 heterocycles. The summed E-state index contributed by atoms with van der Waals surface area (Å²) < 4.78 is 27.1. The second kappa shape index (κ2) is 6.24. The van der Waals surface area contributed by atoms with Crippen molar-refractivity contribution in [3.8, 4) is 0 Å². The van der Waals surface area contributed by atoms with Gasteiger partial charge in [0.05, 0.1) is 0 Å². The minimum absolute atomic E-state index is 0.372. The van der Waals surface area contributed by atoms with Crippen molar-refractivity contribution >= 4 is 27.0 Å². The third-order valence-electron chi connectivity index (χ3n) is 4.52. The summed E-state index contributed by atoms with van der Waals surface area (Å²) in [6.07, 6.45) is 5.80. The number of thiophene rings is 1. The molecule has 0 radical (unpaired) electrons. The molecule has 0 bridgehead atoms. The van der Waals surface area contributed by atoms with Crippen LogP contribution in [0.15, 0.2) is 15.7 Å². The molecule has 118 valence electrons. The van der Waals surface area contributed by atoms with Crippen molar-refractivity contribution in [2.24, 2.45) is 0 Å². The quantitative estimate of drug-likeness (QED) is 0.921. The van der Waals surface area contributed by atoms with Crippen molar-refractivity contribution in [1.82, 2.24) is 9.21 Å². The third-order valence-corrected chi connectivity index (χ3v) is 7.85. The van der Waals surface area contributed by atoms with Gasteiger partial charge in [0.25, 0.3) is 10.0 Å². The molecule has 2 N–H and O–H groups in total. The van der Waals surface area contributed by atoms with Gasteiger partial charge in [-0.05, 0) is 44.8 Å². The molecule has 0 saturated carbocycles. The maximum absolute atomic E-state index is 12.6. The van der Waals surface area contributed by atoms with Crippen molar-refractivity contribution in [2.45, 2.75) is 42.4 Å². The van der Waals surface area contributed by atoms with Crippen LogP contribution in [-0.2, 0) is 10.0 Å². The number of likely N-dealkylation sites (tertiary alicyclic amines) is 1. The molecule has 0 aliphatic carbocycles. The van der Waals surface area contributed by atoms with Crippen LogP contribution >= 0.6 is 11.3 Å². The van der Waals surface area contributed by atoms with Crippen molar-refractivity contribution < 1.29 is 8.42 Å². The number of nitrogens with two attached hydrogens (primary N) is 1. The SMILES string of the molecule is Nc1csc(S(=O)(=O)N2CCC(N3CCCCC3)CC2)c1. The first-order chi connectivity index (χ1) is 10.1. The van der Waals surface area contributed by atoms with E-state index in [9.17, 15) is 8.42 Å². The highest BCUT2D eigenvalue weighted by Gasteiger charge is 2.32. The lowest BCUT2D eigenvalue weighted by Gasteiger charge is -2.39.